The van der Waals surface area contributed by atoms with E-state index in [-0.39, 0.29) is 15.8 Å². The van der Waals surface area contributed by atoms with Gasteiger partial charge in [0.15, 0.2) is 0 Å². The molecule has 1 amide bonds. The van der Waals surface area contributed by atoms with Gasteiger partial charge in [-0.15, -0.1) is 0 Å². The topological polar surface area (TPSA) is 29.5 Å². The van der Waals surface area contributed by atoms with Crippen LogP contribution >= 0.6 is 24.0 Å². The standard InChI is InChI=1S/C16H20F3NO2S2/c1-5-22-14(23)24-10-13(21)20(15(2,3)4)12-9-7-6-8-11(12)16(17,18)19/h6-9H,5,10H2,1-4H3. The number of thiocarbonyl (C=S) groups is 1. The molecular formula is C16H20F3NO2S2. The lowest BCUT2D eigenvalue weighted by Gasteiger charge is -2.37. The molecule has 0 spiro atoms. The molecule has 0 N–H and O–H groups in total. The van der Waals surface area contributed by atoms with Crippen LogP contribution in [-0.2, 0) is 15.7 Å². The number of halogens is 3. The molecule has 0 atom stereocenters. The minimum absolute atomic E-state index is 0.0949. The number of carbonyl (C=O) groups is 1. The molecule has 24 heavy (non-hydrogen) atoms. The van der Waals surface area contributed by atoms with Crippen LogP contribution in [0.1, 0.15) is 33.3 Å². The van der Waals surface area contributed by atoms with E-state index in [0.29, 0.717) is 6.61 Å². The lowest BCUT2D eigenvalue weighted by molar-refractivity contribution is -0.137. The van der Waals surface area contributed by atoms with Crippen molar-refractivity contribution >= 4 is 40.0 Å². The number of anilines is 1. The first-order valence-electron chi connectivity index (χ1n) is 7.27. The molecule has 0 aliphatic heterocycles. The Morgan fingerprint density at radius 1 is 1.25 bits per heavy atom. The number of carbonyl (C=O) groups excluding carboxylic acids is 1. The summed E-state index contributed by atoms with van der Waals surface area (Å²) in [5, 5.41) is 0. The zero-order valence-electron chi connectivity index (χ0n) is 13.9. The highest BCUT2D eigenvalue weighted by Gasteiger charge is 2.38. The summed E-state index contributed by atoms with van der Waals surface area (Å²) in [4.78, 5) is 13.8. The van der Waals surface area contributed by atoms with Crippen molar-refractivity contribution in [1.82, 2.24) is 0 Å². The van der Waals surface area contributed by atoms with Crippen LogP contribution in [0, 0.1) is 0 Å². The van der Waals surface area contributed by atoms with Gasteiger partial charge in [-0.05, 0) is 52.0 Å². The van der Waals surface area contributed by atoms with E-state index in [9.17, 15) is 18.0 Å². The third-order valence-corrected chi connectivity index (χ3v) is 4.16. The Bertz CT molecular complexity index is 598. The first-order valence-corrected chi connectivity index (χ1v) is 8.66. The third-order valence-electron chi connectivity index (χ3n) is 2.95. The summed E-state index contributed by atoms with van der Waals surface area (Å²) in [5.41, 5.74) is -1.83. The number of alkyl halides is 3. The summed E-state index contributed by atoms with van der Waals surface area (Å²) >= 11 is 5.94. The van der Waals surface area contributed by atoms with Gasteiger partial charge in [0.2, 0.25) is 10.3 Å². The van der Waals surface area contributed by atoms with Gasteiger partial charge >= 0.3 is 6.18 Å². The van der Waals surface area contributed by atoms with E-state index in [2.05, 4.69) is 0 Å². The van der Waals surface area contributed by atoms with E-state index < -0.39 is 23.2 Å². The second-order valence-electron chi connectivity index (χ2n) is 5.89. The monoisotopic (exact) mass is 379 g/mol. The summed E-state index contributed by atoms with van der Waals surface area (Å²) in [7, 11) is 0. The second kappa shape index (κ2) is 8.20. The molecule has 0 aliphatic carbocycles. The number of hydrogen-bond donors (Lipinski definition) is 0. The third kappa shape index (κ3) is 5.66. The van der Waals surface area contributed by atoms with Gasteiger partial charge in [0, 0.05) is 5.54 Å². The maximum absolute atomic E-state index is 13.3. The molecule has 0 saturated heterocycles. The van der Waals surface area contributed by atoms with Gasteiger partial charge in [-0.25, -0.2) is 0 Å². The van der Waals surface area contributed by atoms with E-state index in [0.717, 1.165) is 22.7 Å². The van der Waals surface area contributed by atoms with Gasteiger partial charge in [-0.3, -0.25) is 4.79 Å². The predicted molar refractivity (Wildman–Crippen MR) is 95.4 cm³/mol. The van der Waals surface area contributed by atoms with Crippen LogP contribution in [0.2, 0.25) is 0 Å². The summed E-state index contributed by atoms with van der Waals surface area (Å²) in [6.07, 6.45) is -4.55. The molecule has 0 aromatic heterocycles. The molecule has 134 valence electrons. The molecule has 1 aromatic carbocycles. The first-order chi connectivity index (χ1) is 11.0. The summed E-state index contributed by atoms with van der Waals surface area (Å²) in [6, 6.07) is 5.06. The molecular weight excluding hydrogens is 359 g/mol. The number of rotatable bonds is 4. The van der Waals surface area contributed by atoms with E-state index in [1.165, 1.54) is 18.2 Å². The van der Waals surface area contributed by atoms with Crippen molar-refractivity contribution in [2.24, 2.45) is 0 Å². The van der Waals surface area contributed by atoms with Crippen molar-refractivity contribution in [3.05, 3.63) is 29.8 Å². The molecule has 1 aromatic rings. The largest absolute Gasteiger partial charge is 0.479 e. The minimum Gasteiger partial charge on any atom is -0.479 e. The van der Waals surface area contributed by atoms with Crippen LogP contribution in [0.25, 0.3) is 0 Å². The normalized spacial score (nSPS) is 12.0. The predicted octanol–water partition coefficient (Wildman–Crippen LogP) is 4.89. The Morgan fingerprint density at radius 3 is 2.33 bits per heavy atom. The molecule has 8 heteroatoms. The molecule has 0 fully saturated rings. The number of thioether (sulfide) groups is 1. The van der Waals surface area contributed by atoms with Gasteiger partial charge in [-0.2, -0.15) is 13.2 Å². The van der Waals surface area contributed by atoms with Gasteiger partial charge in [0.05, 0.1) is 23.6 Å². The Balaban J connectivity index is 3.17. The molecule has 0 heterocycles. The van der Waals surface area contributed by atoms with Crippen LogP contribution in [-0.4, -0.2) is 28.2 Å². The van der Waals surface area contributed by atoms with Crippen LogP contribution in [0.3, 0.4) is 0 Å². The zero-order valence-corrected chi connectivity index (χ0v) is 15.6. The lowest BCUT2D eigenvalue weighted by Crippen LogP contribution is -2.47. The van der Waals surface area contributed by atoms with Crippen LogP contribution in [0.5, 0.6) is 0 Å². The van der Waals surface area contributed by atoms with Crippen molar-refractivity contribution in [2.45, 2.75) is 39.4 Å². The Hall–Kier alpha value is -1.28. The van der Waals surface area contributed by atoms with E-state index in [1.807, 2.05) is 0 Å². The van der Waals surface area contributed by atoms with Crippen molar-refractivity contribution < 1.29 is 22.7 Å². The molecule has 0 aliphatic rings. The average Bonchev–Trinajstić information content (AvgIpc) is 2.43. The highest BCUT2D eigenvalue weighted by atomic mass is 32.2. The Kier molecular flexibility index (Phi) is 7.10. The Morgan fingerprint density at radius 2 is 1.83 bits per heavy atom. The molecule has 0 bridgehead atoms. The summed E-state index contributed by atoms with van der Waals surface area (Å²) < 4.78 is 45.2. The van der Waals surface area contributed by atoms with Crippen LogP contribution in [0.15, 0.2) is 24.3 Å². The van der Waals surface area contributed by atoms with Crippen molar-refractivity contribution in [3.63, 3.8) is 0 Å². The van der Waals surface area contributed by atoms with Crippen LogP contribution in [0.4, 0.5) is 18.9 Å². The maximum atomic E-state index is 13.3. The number of benzene rings is 1. The minimum atomic E-state index is -4.55. The van der Waals surface area contributed by atoms with Crippen molar-refractivity contribution in [1.29, 1.82) is 0 Å². The summed E-state index contributed by atoms with van der Waals surface area (Å²) in [6.45, 7) is 7.19. The average molecular weight is 379 g/mol. The summed E-state index contributed by atoms with van der Waals surface area (Å²) in [5.74, 6) is -0.561. The molecule has 0 unspecified atom stereocenters. The smallest absolute Gasteiger partial charge is 0.418 e. The fourth-order valence-corrected chi connectivity index (χ4v) is 2.99. The molecule has 0 saturated carbocycles. The lowest BCUT2D eigenvalue weighted by atomic mass is 10.0. The zero-order chi connectivity index (χ0) is 18.5. The van der Waals surface area contributed by atoms with Crippen molar-refractivity contribution in [2.75, 3.05) is 17.3 Å². The van der Waals surface area contributed by atoms with E-state index in [4.69, 9.17) is 17.0 Å². The molecule has 0 radical (unpaired) electrons. The SMILES string of the molecule is CCOC(=S)SCC(=O)N(c1ccccc1C(F)(F)F)C(C)(C)C. The number of hydrogen-bond acceptors (Lipinski definition) is 4. The van der Waals surface area contributed by atoms with Gasteiger partial charge < -0.3 is 9.64 Å². The van der Waals surface area contributed by atoms with Gasteiger partial charge in [0.1, 0.15) is 0 Å². The highest BCUT2D eigenvalue weighted by Crippen LogP contribution is 2.38. The first kappa shape index (κ1) is 20.8. The maximum Gasteiger partial charge on any atom is 0.418 e. The fourth-order valence-electron chi connectivity index (χ4n) is 2.12. The Labute approximate surface area is 149 Å². The van der Waals surface area contributed by atoms with E-state index >= 15 is 0 Å². The second-order valence-corrected chi connectivity index (χ2v) is 7.46. The number of nitrogens with zero attached hydrogens (tertiary/aromatic N) is 1. The molecule has 3 nitrogen and oxygen atoms in total. The number of ether oxygens (including phenoxy) is 1. The number of para-hydroxylation sites is 1. The van der Waals surface area contributed by atoms with Gasteiger partial charge in [-0.1, -0.05) is 23.9 Å². The number of amides is 1. The van der Waals surface area contributed by atoms with Gasteiger partial charge in [0.25, 0.3) is 0 Å². The fraction of sp³-hybridized carbons (Fsp3) is 0.500. The van der Waals surface area contributed by atoms with E-state index in [1.54, 1.807) is 27.7 Å². The van der Waals surface area contributed by atoms with Crippen LogP contribution < -0.4 is 4.90 Å². The quantitative estimate of drug-likeness (QED) is 0.697. The van der Waals surface area contributed by atoms with Crippen molar-refractivity contribution in [3.8, 4) is 0 Å². The molecule has 1 rings (SSSR count). The highest BCUT2D eigenvalue weighted by molar-refractivity contribution is 8.23.